The SMILES string of the molecule is CC(O)CCCCCCCCC(NCCN1CCCCC1)N1CN(C)c2c1n(C)c(=O)[nH]c2=O. The summed E-state index contributed by atoms with van der Waals surface area (Å²) < 4.78 is 1.57. The maximum Gasteiger partial charge on any atom is 0.329 e. The van der Waals surface area contributed by atoms with Crippen molar-refractivity contribution in [3.63, 3.8) is 0 Å². The lowest BCUT2D eigenvalue weighted by Crippen LogP contribution is -2.50. The third-order valence-electron chi connectivity index (χ3n) is 7.27. The Morgan fingerprint density at radius 2 is 1.62 bits per heavy atom. The average molecular weight is 479 g/mol. The second-order valence-corrected chi connectivity index (χ2v) is 10.2. The number of aromatic nitrogens is 2. The molecule has 2 aliphatic heterocycles. The number of H-pyrrole nitrogens is 1. The van der Waals surface area contributed by atoms with Gasteiger partial charge >= 0.3 is 5.69 Å². The molecule has 0 saturated carbocycles. The van der Waals surface area contributed by atoms with Crippen molar-refractivity contribution < 1.29 is 5.11 Å². The zero-order valence-electron chi connectivity index (χ0n) is 21.5. The van der Waals surface area contributed by atoms with Gasteiger partial charge in [-0.05, 0) is 45.7 Å². The Morgan fingerprint density at radius 1 is 0.971 bits per heavy atom. The highest BCUT2D eigenvalue weighted by molar-refractivity contribution is 5.71. The zero-order valence-corrected chi connectivity index (χ0v) is 21.5. The van der Waals surface area contributed by atoms with Gasteiger partial charge in [0.25, 0.3) is 5.56 Å². The fourth-order valence-corrected chi connectivity index (χ4v) is 5.31. The first kappa shape index (κ1) is 26.8. The number of hydrogen-bond donors (Lipinski definition) is 3. The second-order valence-electron chi connectivity index (χ2n) is 10.2. The summed E-state index contributed by atoms with van der Waals surface area (Å²) in [7, 11) is 3.65. The molecule has 3 rings (SSSR count). The second kappa shape index (κ2) is 13.3. The topological polar surface area (TPSA) is 96.8 Å². The molecule has 1 fully saturated rings. The van der Waals surface area contributed by atoms with Gasteiger partial charge in [-0.25, -0.2) is 4.79 Å². The number of fused-ring (bicyclic) bond motifs is 1. The van der Waals surface area contributed by atoms with Crippen molar-refractivity contribution >= 4 is 11.5 Å². The summed E-state index contributed by atoms with van der Waals surface area (Å²) in [5.41, 5.74) is -0.108. The largest absolute Gasteiger partial charge is 0.393 e. The first-order chi connectivity index (χ1) is 16.4. The van der Waals surface area contributed by atoms with Gasteiger partial charge in [0.05, 0.1) is 18.9 Å². The number of nitrogens with zero attached hydrogens (tertiary/aromatic N) is 4. The van der Waals surface area contributed by atoms with E-state index in [0.29, 0.717) is 18.2 Å². The summed E-state index contributed by atoms with van der Waals surface area (Å²) in [6.07, 6.45) is 12.6. The van der Waals surface area contributed by atoms with Crippen LogP contribution >= 0.6 is 0 Å². The van der Waals surface area contributed by atoms with Crippen molar-refractivity contribution in [2.75, 3.05) is 49.7 Å². The molecule has 3 heterocycles. The predicted octanol–water partition coefficient (Wildman–Crippen LogP) is 2.19. The number of aliphatic hydroxyl groups excluding tert-OH is 1. The molecular formula is C25H46N6O3. The van der Waals surface area contributed by atoms with Crippen molar-refractivity contribution in [2.24, 2.45) is 7.05 Å². The van der Waals surface area contributed by atoms with Crippen LogP contribution < -0.4 is 26.4 Å². The quantitative estimate of drug-likeness (QED) is 0.353. The lowest BCUT2D eigenvalue weighted by Gasteiger charge is -2.33. The molecule has 194 valence electrons. The Bertz CT molecular complexity index is 861. The van der Waals surface area contributed by atoms with Crippen LogP contribution in [0.5, 0.6) is 0 Å². The normalized spacial score (nSPS) is 18.4. The van der Waals surface area contributed by atoms with Gasteiger partial charge in [0.15, 0.2) is 0 Å². The van der Waals surface area contributed by atoms with Crippen molar-refractivity contribution in [3.8, 4) is 0 Å². The molecule has 0 aliphatic carbocycles. The highest BCUT2D eigenvalue weighted by Gasteiger charge is 2.33. The number of anilines is 2. The monoisotopic (exact) mass is 478 g/mol. The van der Waals surface area contributed by atoms with Crippen LogP contribution in [0.1, 0.15) is 77.6 Å². The van der Waals surface area contributed by atoms with Gasteiger partial charge in [-0.2, -0.15) is 0 Å². The molecule has 2 unspecified atom stereocenters. The number of hydrogen-bond acceptors (Lipinski definition) is 7. The maximum absolute atomic E-state index is 12.5. The summed E-state index contributed by atoms with van der Waals surface area (Å²) in [4.78, 5) is 34.0. The molecule has 1 saturated heterocycles. The molecule has 0 bridgehead atoms. The Morgan fingerprint density at radius 3 is 2.29 bits per heavy atom. The number of piperidine rings is 1. The van der Waals surface area contributed by atoms with E-state index in [1.54, 1.807) is 11.6 Å². The molecule has 9 heteroatoms. The van der Waals surface area contributed by atoms with E-state index in [2.05, 4.69) is 20.1 Å². The lowest BCUT2D eigenvalue weighted by atomic mass is 10.1. The molecule has 1 aromatic rings. The molecule has 9 nitrogen and oxygen atoms in total. The van der Waals surface area contributed by atoms with Crippen LogP contribution in [-0.4, -0.2) is 71.7 Å². The fourth-order valence-electron chi connectivity index (χ4n) is 5.31. The molecule has 0 spiro atoms. The smallest absolute Gasteiger partial charge is 0.329 e. The van der Waals surface area contributed by atoms with Crippen molar-refractivity contribution in [1.82, 2.24) is 19.8 Å². The first-order valence-corrected chi connectivity index (χ1v) is 13.3. The molecular weight excluding hydrogens is 432 g/mol. The predicted molar refractivity (Wildman–Crippen MR) is 139 cm³/mol. The molecule has 1 aromatic heterocycles. The van der Waals surface area contributed by atoms with Gasteiger partial charge in [-0.15, -0.1) is 0 Å². The number of unbranched alkanes of at least 4 members (excludes halogenated alkanes) is 5. The Hall–Kier alpha value is -1.84. The Balaban J connectivity index is 1.59. The summed E-state index contributed by atoms with van der Waals surface area (Å²) >= 11 is 0. The van der Waals surface area contributed by atoms with Crippen LogP contribution in [0.3, 0.4) is 0 Å². The molecule has 34 heavy (non-hydrogen) atoms. The molecule has 0 radical (unpaired) electrons. The fraction of sp³-hybridized carbons (Fsp3) is 0.840. The highest BCUT2D eigenvalue weighted by atomic mass is 16.3. The molecule has 2 atom stereocenters. The standard InChI is InChI=1S/C25H46N6O3/c1-20(32)13-9-6-4-5-7-10-14-21(26-15-18-30-16-11-8-12-17-30)31-19-28(2)22-23(33)27-25(34)29(3)24(22)31/h20-21,26,32H,4-19H2,1-3H3,(H,27,33,34). The summed E-state index contributed by atoms with van der Waals surface area (Å²) in [5, 5.41) is 13.2. The Labute approximate surface area is 204 Å². The zero-order chi connectivity index (χ0) is 24.5. The van der Waals surface area contributed by atoms with Crippen molar-refractivity contribution in [1.29, 1.82) is 0 Å². The van der Waals surface area contributed by atoms with Crippen LogP contribution in [0.25, 0.3) is 0 Å². The van der Waals surface area contributed by atoms with Crippen LogP contribution in [0.4, 0.5) is 11.5 Å². The first-order valence-electron chi connectivity index (χ1n) is 13.3. The third kappa shape index (κ3) is 7.33. The Kier molecular flexibility index (Phi) is 10.5. The van der Waals surface area contributed by atoms with Gasteiger partial charge in [-0.1, -0.05) is 44.9 Å². The lowest BCUT2D eigenvalue weighted by molar-refractivity contribution is 0.180. The van der Waals surface area contributed by atoms with E-state index in [-0.39, 0.29) is 23.5 Å². The van der Waals surface area contributed by atoms with E-state index in [1.165, 1.54) is 58.0 Å². The molecule has 0 aromatic carbocycles. The minimum absolute atomic E-state index is 0.0797. The minimum atomic E-state index is -0.367. The summed E-state index contributed by atoms with van der Waals surface area (Å²) in [5.74, 6) is 0.713. The van der Waals surface area contributed by atoms with Crippen molar-refractivity contribution in [3.05, 3.63) is 20.8 Å². The van der Waals surface area contributed by atoms with E-state index < -0.39 is 0 Å². The highest BCUT2D eigenvalue weighted by Crippen LogP contribution is 2.32. The maximum atomic E-state index is 12.5. The van der Waals surface area contributed by atoms with Crippen LogP contribution in [0, 0.1) is 0 Å². The van der Waals surface area contributed by atoms with Gasteiger partial charge < -0.3 is 19.8 Å². The number of nitrogens with one attached hydrogen (secondary N) is 2. The van der Waals surface area contributed by atoms with E-state index in [9.17, 15) is 14.7 Å². The van der Waals surface area contributed by atoms with E-state index >= 15 is 0 Å². The molecule has 3 N–H and O–H groups in total. The third-order valence-corrected chi connectivity index (χ3v) is 7.27. The number of rotatable bonds is 14. The summed E-state index contributed by atoms with van der Waals surface area (Å²) in [6.45, 7) is 6.74. The number of aliphatic hydroxyl groups is 1. The number of aromatic amines is 1. The molecule has 0 amide bonds. The average Bonchev–Trinajstić information content (AvgIpc) is 3.16. The van der Waals surface area contributed by atoms with Crippen molar-refractivity contribution in [2.45, 2.75) is 89.8 Å². The van der Waals surface area contributed by atoms with Gasteiger partial charge in [0, 0.05) is 27.2 Å². The molecule has 2 aliphatic rings. The van der Waals surface area contributed by atoms with Crippen LogP contribution in [-0.2, 0) is 7.05 Å². The van der Waals surface area contributed by atoms with Gasteiger partial charge in [0.1, 0.15) is 11.5 Å². The van der Waals surface area contributed by atoms with Gasteiger partial charge in [-0.3, -0.25) is 19.7 Å². The van der Waals surface area contributed by atoms with Gasteiger partial charge in [0.2, 0.25) is 0 Å². The minimum Gasteiger partial charge on any atom is -0.393 e. The number of likely N-dealkylation sites (tertiary alicyclic amines) is 1. The van der Waals surface area contributed by atoms with Crippen LogP contribution in [0.15, 0.2) is 9.59 Å². The van der Waals surface area contributed by atoms with E-state index in [4.69, 9.17) is 0 Å². The van der Waals surface area contributed by atoms with Crippen LogP contribution in [0.2, 0.25) is 0 Å². The summed E-state index contributed by atoms with van der Waals surface area (Å²) in [6, 6.07) is 0. The van der Waals surface area contributed by atoms with E-state index in [1.807, 2.05) is 18.9 Å². The van der Waals surface area contributed by atoms with E-state index in [0.717, 1.165) is 38.8 Å².